The third-order valence-electron chi connectivity index (χ3n) is 4.57. The minimum atomic E-state index is 0.725. The molecule has 4 heterocycles. The lowest BCUT2D eigenvalue weighted by atomic mass is 9.89. The Bertz CT molecular complexity index is 1020. The van der Waals surface area contributed by atoms with Gasteiger partial charge in [-0.15, -0.1) is 16.4 Å². The second-order valence-corrected chi connectivity index (χ2v) is 7.30. The van der Waals surface area contributed by atoms with E-state index >= 15 is 0 Å². The van der Waals surface area contributed by atoms with Gasteiger partial charge in [0.15, 0.2) is 11.5 Å². The van der Waals surface area contributed by atoms with Gasteiger partial charge in [0.05, 0.1) is 5.39 Å². The Morgan fingerprint density at radius 1 is 1.26 bits per heavy atom. The standard InChI is InChI=1S/C17H15N5S/c1-10-2-3-13-12(8-10)14-16-20-15(11-4-6-18-7-5-11)21-22(16)9-19-17(14)23-13/h4-7,9-10H,2-3,8H2,1H3/t10-/m0/s1. The summed E-state index contributed by atoms with van der Waals surface area (Å²) in [5.74, 6) is 1.45. The SMILES string of the molecule is C[C@H]1CCc2sc3ncn4nc(-c5ccncc5)nc4c3c2C1. The van der Waals surface area contributed by atoms with Crippen molar-refractivity contribution in [3.63, 3.8) is 0 Å². The number of pyridine rings is 1. The van der Waals surface area contributed by atoms with E-state index in [2.05, 4.69) is 22.0 Å². The van der Waals surface area contributed by atoms with Crippen molar-refractivity contribution in [2.75, 3.05) is 0 Å². The van der Waals surface area contributed by atoms with Crippen molar-refractivity contribution in [1.29, 1.82) is 0 Å². The lowest BCUT2D eigenvalue weighted by Gasteiger charge is -2.17. The largest absolute Gasteiger partial charge is 0.265 e. The molecule has 0 bridgehead atoms. The zero-order valence-electron chi connectivity index (χ0n) is 12.7. The van der Waals surface area contributed by atoms with Crippen LogP contribution in [0, 0.1) is 5.92 Å². The topological polar surface area (TPSA) is 56.0 Å². The van der Waals surface area contributed by atoms with E-state index in [0.717, 1.165) is 40.6 Å². The van der Waals surface area contributed by atoms with Gasteiger partial charge < -0.3 is 0 Å². The number of aryl methyl sites for hydroxylation is 1. The van der Waals surface area contributed by atoms with Gasteiger partial charge in [-0.25, -0.2) is 14.5 Å². The molecule has 1 atom stereocenters. The minimum absolute atomic E-state index is 0.725. The Morgan fingerprint density at radius 2 is 2.13 bits per heavy atom. The van der Waals surface area contributed by atoms with Gasteiger partial charge in [-0.3, -0.25) is 4.98 Å². The second kappa shape index (κ2) is 4.83. The molecule has 6 heteroatoms. The summed E-state index contributed by atoms with van der Waals surface area (Å²) in [6.45, 7) is 2.33. The number of nitrogens with zero attached hydrogens (tertiary/aromatic N) is 5. The average Bonchev–Trinajstić information content (AvgIpc) is 3.16. The molecule has 0 spiro atoms. The van der Waals surface area contributed by atoms with Gasteiger partial charge in [-0.05, 0) is 42.9 Å². The zero-order chi connectivity index (χ0) is 15.4. The molecule has 1 aliphatic rings. The summed E-state index contributed by atoms with van der Waals surface area (Å²) in [7, 11) is 0. The highest BCUT2D eigenvalue weighted by atomic mass is 32.1. The summed E-state index contributed by atoms with van der Waals surface area (Å²) in [6, 6.07) is 3.87. The molecule has 0 N–H and O–H groups in total. The Hall–Kier alpha value is -2.34. The molecule has 4 aromatic rings. The summed E-state index contributed by atoms with van der Waals surface area (Å²) in [4.78, 5) is 16.0. The first-order valence-electron chi connectivity index (χ1n) is 7.85. The van der Waals surface area contributed by atoms with Gasteiger partial charge >= 0.3 is 0 Å². The van der Waals surface area contributed by atoms with E-state index < -0.39 is 0 Å². The maximum absolute atomic E-state index is 4.81. The predicted molar refractivity (Wildman–Crippen MR) is 90.6 cm³/mol. The molecule has 0 saturated heterocycles. The van der Waals surface area contributed by atoms with E-state index in [4.69, 9.17) is 4.98 Å². The van der Waals surface area contributed by atoms with Crippen LogP contribution in [0.5, 0.6) is 0 Å². The van der Waals surface area contributed by atoms with Gasteiger partial charge in [0, 0.05) is 22.8 Å². The Labute approximate surface area is 137 Å². The molecule has 0 aromatic carbocycles. The number of aromatic nitrogens is 5. The first-order valence-corrected chi connectivity index (χ1v) is 8.67. The van der Waals surface area contributed by atoms with Gasteiger partial charge in [0.25, 0.3) is 0 Å². The van der Waals surface area contributed by atoms with Gasteiger partial charge in [0.2, 0.25) is 0 Å². The Balaban J connectivity index is 1.79. The average molecular weight is 321 g/mol. The second-order valence-electron chi connectivity index (χ2n) is 6.22. The Morgan fingerprint density at radius 3 is 3.00 bits per heavy atom. The molecule has 5 nitrogen and oxygen atoms in total. The fraction of sp³-hybridized carbons (Fsp3) is 0.294. The highest BCUT2D eigenvalue weighted by molar-refractivity contribution is 7.19. The van der Waals surface area contributed by atoms with Crippen molar-refractivity contribution < 1.29 is 0 Å². The maximum atomic E-state index is 4.81. The summed E-state index contributed by atoms with van der Waals surface area (Å²) in [5.41, 5.74) is 3.35. The quantitative estimate of drug-likeness (QED) is 0.538. The fourth-order valence-corrected chi connectivity index (χ4v) is 4.55. The van der Waals surface area contributed by atoms with E-state index in [-0.39, 0.29) is 0 Å². The van der Waals surface area contributed by atoms with Crippen LogP contribution < -0.4 is 0 Å². The molecule has 0 aliphatic heterocycles. The predicted octanol–water partition coefficient (Wildman–Crippen LogP) is 3.53. The molecule has 1 aliphatic carbocycles. The van der Waals surface area contributed by atoms with E-state index in [9.17, 15) is 0 Å². The third kappa shape index (κ3) is 1.98. The molecule has 0 amide bonds. The monoisotopic (exact) mass is 321 g/mol. The van der Waals surface area contributed by atoms with Crippen LogP contribution in [-0.4, -0.2) is 24.6 Å². The van der Waals surface area contributed by atoms with Gasteiger partial charge in [-0.2, -0.15) is 0 Å². The first-order chi connectivity index (χ1) is 11.3. The first kappa shape index (κ1) is 13.1. The van der Waals surface area contributed by atoms with Crippen LogP contribution in [0.25, 0.3) is 27.3 Å². The van der Waals surface area contributed by atoms with Crippen molar-refractivity contribution in [1.82, 2.24) is 24.6 Å². The summed E-state index contributed by atoms with van der Waals surface area (Å²) in [6.07, 6.45) is 8.86. The molecule has 0 saturated carbocycles. The number of thiophene rings is 1. The number of hydrogen-bond donors (Lipinski definition) is 0. The summed E-state index contributed by atoms with van der Waals surface area (Å²) in [5, 5.41) is 5.80. The smallest absolute Gasteiger partial charge is 0.182 e. The van der Waals surface area contributed by atoms with Crippen molar-refractivity contribution in [3.05, 3.63) is 41.3 Å². The molecular weight excluding hydrogens is 306 g/mol. The van der Waals surface area contributed by atoms with Gasteiger partial charge in [0.1, 0.15) is 11.2 Å². The highest BCUT2D eigenvalue weighted by Crippen LogP contribution is 2.38. The summed E-state index contributed by atoms with van der Waals surface area (Å²) < 4.78 is 1.81. The van der Waals surface area contributed by atoms with Crippen molar-refractivity contribution in [2.24, 2.45) is 5.92 Å². The molecule has 5 rings (SSSR count). The number of rotatable bonds is 1. The van der Waals surface area contributed by atoms with E-state index in [0.29, 0.717) is 0 Å². The molecule has 4 aromatic heterocycles. The van der Waals surface area contributed by atoms with Crippen LogP contribution in [0.3, 0.4) is 0 Å². The van der Waals surface area contributed by atoms with Crippen LogP contribution in [0.4, 0.5) is 0 Å². The lowest BCUT2D eigenvalue weighted by molar-refractivity contribution is 0.508. The molecule has 23 heavy (non-hydrogen) atoms. The molecular formula is C17H15N5S. The number of hydrogen-bond acceptors (Lipinski definition) is 5. The van der Waals surface area contributed by atoms with E-state index in [1.54, 1.807) is 18.7 Å². The van der Waals surface area contributed by atoms with Crippen LogP contribution in [0.2, 0.25) is 0 Å². The third-order valence-corrected chi connectivity index (χ3v) is 5.77. The summed E-state index contributed by atoms with van der Waals surface area (Å²) >= 11 is 1.82. The maximum Gasteiger partial charge on any atom is 0.182 e. The van der Waals surface area contributed by atoms with E-state index in [1.807, 2.05) is 28.0 Å². The van der Waals surface area contributed by atoms with E-state index in [1.165, 1.54) is 22.2 Å². The van der Waals surface area contributed by atoms with Crippen LogP contribution in [0.15, 0.2) is 30.9 Å². The normalized spacial score (nSPS) is 17.7. The zero-order valence-corrected chi connectivity index (χ0v) is 13.5. The van der Waals surface area contributed by atoms with Crippen molar-refractivity contribution in [2.45, 2.75) is 26.2 Å². The molecule has 0 unspecified atom stereocenters. The molecule has 0 fully saturated rings. The number of fused-ring (bicyclic) bond motifs is 5. The van der Waals surface area contributed by atoms with Crippen molar-refractivity contribution in [3.8, 4) is 11.4 Å². The molecule has 0 radical (unpaired) electrons. The highest BCUT2D eigenvalue weighted by Gasteiger charge is 2.23. The van der Waals surface area contributed by atoms with Gasteiger partial charge in [-0.1, -0.05) is 6.92 Å². The van der Waals surface area contributed by atoms with Crippen LogP contribution >= 0.6 is 11.3 Å². The van der Waals surface area contributed by atoms with Crippen molar-refractivity contribution >= 4 is 27.2 Å². The van der Waals surface area contributed by atoms with Crippen LogP contribution in [-0.2, 0) is 12.8 Å². The van der Waals surface area contributed by atoms with Crippen LogP contribution in [0.1, 0.15) is 23.8 Å². The molecule has 114 valence electrons. The lowest BCUT2D eigenvalue weighted by Crippen LogP contribution is -2.09. The Kier molecular flexibility index (Phi) is 2.76. The minimum Gasteiger partial charge on any atom is -0.265 e. The fourth-order valence-electron chi connectivity index (χ4n) is 3.37.